The lowest BCUT2D eigenvalue weighted by Crippen LogP contribution is -2.00. The maximum absolute atomic E-state index is 12.5. The van der Waals surface area contributed by atoms with Crippen LogP contribution in [-0.4, -0.2) is 30.1 Å². The van der Waals surface area contributed by atoms with Crippen molar-refractivity contribution in [1.82, 2.24) is 4.98 Å². The van der Waals surface area contributed by atoms with Crippen LogP contribution in [0.5, 0.6) is 11.5 Å². The number of ketones is 1. The van der Waals surface area contributed by atoms with Gasteiger partial charge in [0, 0.05) is 23.5 Å². The lowest BCUT2D eigenvalue weighted by atomic mass is 10.0. The largest absolute Gasteiger partial charge is 0.506 e. The van der Waals surface area contributed by atoms with Crippen molar-refractivity contribution in [2.75, 3.05) is 14.2 Å². The summed E-state index contributed by atoms with van der Waals surface area (Å²) >= 11 is 0. The van der Waals surface area contributed by atoms with Gasteiger partial charge >= 0.3 is 0 Å². The second kappa shape index (κ2) is 4.94. The molecule has 1 aromatic heterocycles. The number of hydrogen-bond donors (Lipinski definition) is 1. The summed E-state index contributed by atoms with van der Waals surface area (Å²) in [5.41, 5.74) is 1.74. The first-order valence-electron chi connectivity index (χ1n) is 6.32. The molecule has 5 heteroatoms. The van der Waals surface area contributed by atoms with E-state index < -0.39 is 0 Å². The topological polar surface area (TPSA) is 68.7 Å². The van der Waals surface area contributed by atoms with E-state index in [0.717, 1.165) is 0 Å². The molecule has 0 aliphatic heterocycles. The highest BCUT2D eigenvalue weighted by Gasteiger charge is 2.32. The molecule has 1 heterocycles. The number of ether oxygens (including phenoxy) is 2. The zero-order chi connectivity index (χ0) is 15.0. The van der Waals surface area contributed by atoms with Crippen molar-refractivity contribution in [3.8, 4) is 11.5 Å². The summed E-state index contributed by atoms with van der Waals surface area (Å²) in [6.45, 7) is 0. The van der Waals surface area contributed by atoms with E-state index in [1.54, 1.807) is 36.7 Å². The maximum atomic E-state index is 12.5. The number of nitrogens with zero attached hydrogens (tertiary/aromatic N) is 1. The highest BCUT2D eigenvalue weighted by Crippen LogP contribution is 2.41. The Bertz CT molecular complexity index is 750. The smallest absolute Gasteiger partial charge is 0.198 e. The molecule has 0 atom stereocenters. The molecule has 1 aliphatic carbocycles. The Morgan fingerprint density at radius 1 is 1.00 bits per heavy atom. The average molecular weight is 283 g/mol. The van der Waals surface area contributed by atoms with Crippen LogP contribution in [0.2, 0.25) is 0 Å². The Hall–Kier alpha value is -2.82. The number of aromatic nitrogens is 1. The van der Waals surface area contributed by atoms with Gasteiger partial charge in [-0.25, -0.2) is 0 Å². The number of carbonyl (C=O) groups excluding carboxylic acids is 1. The molecule has 106 valence electrons. The normalized spacial score (nSPS) is 13.3. The van der Waals surface area contributed by atoms with Gasteiger partial charge in [-0.15, -0.1) is 0 Å². The second-order valence-electron chi connectivity index (χ2n) is 4.54. The van der Waals surface area contributed by atoms with Crippen LogP contribution in [0.4, 0.5) is 0 Å². The summed E-state index contributed by atoms with van der Waals surface area (Å²) in [4.78, 5) is 16.5. The minimum Gasteiger partial charge on any atom is -0.506 e. The van der Waals surface area contributed by atoms with Gasteiger partial charge in [-0.1, -0.05) is 0 Å². The van der Waals surface area contributed by atoms with Crippen molar-refractivity contribution in [3.05, 3.63) is 53.3 Å². The van der Waals surface area contributed by atoms with E-state index in [1.807, 2.05) is 0 Å². The third-order valence-corrected chi connectivity index (χ3v) is 3.46. The van der Waals surface area contributed by atoms with Crippen molar-refractivity contribution in [1.29, 1.82) is 0 Å². The maximum Gasteiger partial charge on any atom is 0.198 e. The molecule has 0 spiro atoms. The molecule has 1 N–H and O–H groups in total. The number of pyridine rings is 1. The Morgan fingerprint density at radius 2 is 1.57 bits per heavy atom. The molecule has 3 rings (SSSR count). The summed E-state index contributed by atoms with van der Waals surface area (Å²) in [5, 5.41) is 10.4. The SMILES string of the molecule is COc1cc2c(cc1OC)C(O)=C(c1ccncc1)C2=O. The molecule has 5 nitrogen and oxygen atoms in total. The number of fused-ring (bicyclic) bond motifs is 1. The number of carbonyl (C=O) groups is 1. The highest BCUT2D eigenvalue weighted by atomic mass is 16.5. The summed E-state index contributed by atoms with van der Waals surface area (Å²) in [6.07, 6.45) is 3.15. The van der Waals surface area contributed by atoms with E-state index in [0.29, 0.717) is 28.2 Å². The van der Waals surface area contributed by atoms with Gasteiger partial charge in [0.1, 0.15) is 5.76 Å². The van der Waals surface area contributed by atoms with Gasteiger partial charge in [0.15, 0.2) is 17.3 Å². The Kier molecular flexibility index (Phi) is 3.10. The lowest BCUT2D eigenvalue weighted by Gasteiger charge is -2.09. The van der Waals surface area contributed by atoms with Gasteiger partial charge < -0.3 is 14.6 Å². The van der Waals surface area contributed by atoms with Gasteiger partial charge in [0.2, 0.25) is 0 Å². The predicted molar refractivity (Wildman–Crippen MR) is 77.6 cm³/mol. The van der Waals surface area contributed by atoms with E-state index in [-0.39, 0.29) is 17.1 Å². The van der Waals surface area contributed by atoms with E-state index in [2.05, 4.69) is 4.98 Å². The summed E-state index contributed by atoms with van der Waals surface area (Å²) in [5.74, 6) is 0.622. The summed E-state index contributed by atoms with van der Waals surface area (Å²) in [6, 6.07) is 6.56. The molecule has 0 amide bonds. The molecule has 0 unspecified atom stereocenters. The Labute approximate surface area is 121 Å². The number of hydrogen-bond acceptors (Lipinski definition) is 5. The minimum atomic E-state index is -0.241. The number of methoxy groups -OCH3 is 2. The quantitative estimate of drug-likeness (QED) is 0.938. The highest BCUT2D eigenvalue weighted by molar-refractivity contribution is 6.39. The van der Waals surface area contributed by atoms with Crippen LogP contribution < -0.4 is 9.47 Å². The monoisotopic (exact) mass is 283 g/mol. The van der Waals surface area contributed by atoms with Crippen molar-refractivity contribution in [3.63, 3.8) is 0 Å². The van der Waals surface area contributed by atoms with Gasteiger partial charge in [-0.2, -0.15) is 0 Å². The number of Topliss-reactive ketones (excluding diaryl/α,β-unsaturated/α-hetero) is 1. The predicted octanol–water partition coefficient (Wildman–Crippen LogP) is 2.72. The molecular formula is C16H13NO4. The molecule has 21 heavy (non-hydrogen) atoms. The fourth-order valence-corrected chi connectivity index (χ4v) is 2.43. The zero-order valence-corrected chi connectivity index (χ0v) is 11.6. The van der Waals surface area contributed by atoms with E-state index in [1.165, 1.54) is 14.2 Å². The van der Waals surface area contributed by atoms with E-state index in [9.17, 15) is 9.90 Å². The van der Waals surface area contributed by atoms with Crippen molar-refractivity contribution in [2.24, 2.45) is 0 Å². The average Bonchev–Trinajstić information content (AvgIpc) is 2.77. The van der Waals surface area contributed by atoms with Gasteiger partial charge in [-0.05, 0) is 29.8 Å². The number of allylic oxidation sites excluding steroid dienone is 1. The van der Waals surface area contributed by atoms with E-state index in [4.69, 9.17) is 9.47 Å². The molecule has 1 aliphatic rings. The first-order valence-corrected chi connectivity index (χ1v) is 6.32. The molecule has 1 aromatic carbocycles. The fourth-order valence-electron chi connectivity index (χ4n) is 2.43. The molecular weight excluding hydrogens is 270 g/mol. The first-order chi connectivity index (χ1) is 10.2. The Morgan fingerprint density at radius 3 is 2.14 bits per heavy atom. The Balaban J connectivity index is 2.19. The van der Waals surface area contributed by atoms with Gasteiger partial charge in [-0.3, -0.25) is 9.78 Å². The molecule has 2 aromatic rings. The third kappa shape index (κ3) is 1.94. The van der Waals surface area contributed by atoms with Crippen LogP contribution in [0, 0.1) is 0 Å². The van der Waals surface area contributed by atoms with Crippen LogP contribution in [0.3, 0.4) is 0 Å². The summed E-state index contributed by atoms with van der Waals surface area (Å²) in [7, 11) is 3.01. The van der Waals surface area contributed by atoms with Crippen LogP contribution >= 0.6 is 0 Å². The minimum absolute atomic E-state index is 0.0536. The number of benzene rings is 1. The standard InChI is InChI=1S/C16H13NO4/c1-20-12-7-10-11(8-13(12)21-2)16(19)14(15(10)18)9-3-5-17-6-4-9/h3-8,18H,1-2H3. The molecule has 0 saturated heterocycles. The number of aliphatic hydroxyl groups is 1. The van der Waals surface area contributed by atoms with Gasteiger partial charge in [0.25, 0.3) is 0 Å². The molecule has 0 fully saturated rings. The first kappa shape index (κ1) is 13.2. The van der Waals surface area contributed by atoms with Crippen molar-refractivity contribution >= 4 is 17.1 Å². The van der Waals surface area contributed by atoms with E-state index >= 15 is 0 Å². The number of rotatable bonds is 3. The van der Waals surface area contributed by atoms with Crippen LogP contribution in [0.15, 0.2) is 36.7 Å². The zero-order valence-electron chi connectivity index (χ0n) is 11.6. The van der Waals surface area contributed by atoms with Crippen LogP contribution in [-0.2, 0) is 0 Å². The number of aliphatic hydroxyl groups excluding tert-OH is 1. The lowest BCUT2D eigenvalue weighted by molar-refractivity contribution is 0.105. The second-order valence-corrected chi connectivity index (χ2v) is 4.54. The molecule has 0 saturated carbocycles. The molecule has 0 bridgehead atoms. The van der Waals surface area contributed by atoms with Crippen LogP contribution in [0.25, 0.3) is 11.3 Å². The van der Waals surface area contributed by atoms with Crippen molar-refractivity contribution < 1.29 is 19.4 Å². The fraction of sp³-hybridized carbons (Fsp3) is 0.125. The summed E-state index contributed by atoms with van der Waals surface area (Å²) < 4.78 is 10.4. The van der Waals surface area contributed by atoms with Gasteiger partial charge in [0.05, 0.1) is 19.8 Å². The van der Waals surface area contributed by atoms with Crippen molar-refractivity contribution in [2.45, 2.75) is 0 Å². The molecule has 0 radical (unpaired) electrons. The third-order valence-electron chi connectivity index (χ3n) is 3.46. The van der Waals surface area contributed by atoms with Crippen LogP contribution in [0.1, 0.15) is 21.5 Å².